The van der Waals surface area contributed by atoms with Crippen LogP contribution in [-0.2, 0) is 14.8 Å². The summed E-state index contributed by atoms with van der Waals surface area (Å²) in [6, 6.07) is 4.90. The minimum absolute atomic E-state index is 0.222. The number of likely N-dealkylation sites (N-methyl/N-ethyl adjacent to an activating group) is 1. The number of piperazine rings is 1. The fraction of sp³-hybridized carbons (Fsp3) is 0.667. The van der Waals surface area contributed by atoms with Crippen LogP contribution >= 0.6 is 0 Å². The molecule has 1 saturated carbocycles. The number of ether oxygens (including phenoxy) is 1. The van der Waals surface area contributed by atoms with Gasteiger partial charge in [0.15, 0.2) is 0 Å². The summed E-state index contributed by atoms with van der Waals surface area (Å²) in [6.07, 6.45) is 5.90. The summed E-state index contributed by atoms with van der Waals surface area (Å²) < 4.78 is 33.5. The van der Waals surface area contributed by atoms with E-state index in [0.29, 0.717) is 56.6 Å². The molecule has 1 amide bonds. The van der Waals surface area contributed by atoms with Crippen molar-refractivity contribution < 1.29 is 17.9 Å². The van der Waals surface area contributed by atoms with Crippen LogP contribution in [0.15, 0.2) is 23.1 Å². The predicted molar refractivity (Wildman–Crippen MR) is 113 cm³/mol. The summed E-state index contributed by atoms with van der Waals surface area (Å²) in [6.45, 7) is 5.28. The number of hydrogen-bond acceptors (Lipinski definition) is 5. The first kappa shape index (κ1) is 22.2. The molecule has 1 heterocycles. The first-order chi connectivity index (χ1) is 13.9. The van der Waals surface area contributed by atoms with Gasteiger partial charge in [-0.25, -0.2) is 8.42 Å². The highest BCUT2D eigenvalue weighted by Crippen LogP contribution is 2.23. The van der Waals surface area contributed by atoms with Gasteiger partial charge in [-0.05, 0) is 50.9 Å². The highest BCUT2D eigenvalue weighted by atomic mass is 32.2. The molecule has 0 spiro atoms. The average molecular weight is 424 g/mol. The van der Waals surface area contributed by atoms with Gasteiger partial charge in [0.25, 0.3) is 5.91 Å². The van der Waals surface area contributed by atoms with Crippen LogP contribution in [0.3, 0.4) is 0 Å². The Morgan fingerprint density at radius 2 is 1.86 bits per heavy atom. The van der Waals surface area contributed by atoms with E-state index in [-0.39, 0.29) is 10.8 Å². The zero-order valence-electron chi connectivity index (χ0n) is 17.5. The molecular formula is C21H33N3O4S. The zero-order valence-corrected chi connectivity index (χ0v) is 18.3. The van der Waals surface area contributed by atoms with Crippen LogP contribution in [0.2, 0.25) is 0 Å². The van der Waals surface area contributed by atoms with Gasteiger partial charge in [-0.2, -0.15) is 4.31 Å². The van der Waals surface area contributed by atoms with E-state index in [1.165, 1.54) is 23.2 Å². The van der Waals surface area contributed by atoms with Gasteiger partial charge in [0, 0.05) is 44.9 Å². The van der Waals surface area contributed by atoms with Gasteiger partial charge in [0.1, 0.15) is 0 Å². The average Bonchev–Trinajstić information content (AvgIpc) is 3.21. The minimum atomic E-state index is -3.60. The number of nitrogens with one attached hydrogen (secondary N) is 1. The van der Waals surface area contributed by atoms with Crippen molar-refractivity contribution >= 4 is 15.9 Å². The summed E-state index contributed by atoms with van der Waals surface area (Å²) in [5.41, 5.74) is 1.03. The molecule has 1 saturated heterocycles. The van der Waals surface area contributed by atoms with Crippen molar-refractivity contribution in [3.63, 3.8) is 0 Å². The number of nitrogens with zero attached hydrogens (tertiary/aromatic N) is 2. The van der Waals surface area contributed by atoms with E-state index in [1.54, 1.807) is 19.1 Å². The van der Waals surface area contributed by atoms with Crippen LogP contribution in [-0.4, -0.2) is 76.0 Å². The SMILES string of the molecule is Cc1ccc(C(=O)NCCCOC2CCCC2)cc1S(=O)(=O)N1CCN(C)CC1. The normalized spacial score (nSPS) is 19.5. The smallest absolute Gasteiger partial charge is 0.251 e. The number of carbonyl (C=O) groups excluding carboxylic acids is 1. The Bertz CT molecular complexity index is 798. The highest BCUT2D eigenvalue weighted by Gasteiger charge is 2.29. The molecule has 0 radical (unpaired) electrons. The summed E-state index contributed by atoms with van der Waals surface area (Å²) in [5, 5.41) is 2.87. The van der Waals surface area contributed by atoms with Crippen LogP contribution in [0, 0.1) is 6.92 Å². The van der Waals surface area contributed by atoms with Gasteiger partial charge in [0.2, 0.25) is 10.0 Å². The number of amides is 1. The molecular weight excluding hydrogens is 390 g/mol. The Morgan fingerprint density at radius 3 is 2.55 bits per heavy atom. The van der Waals surface area contributed by atoms with E-state index in [0.717, 1.165) is 19.3 Å². The molecule has 162 valence electrons. The van der Waals surface area contributed by atoms with E-state index >= 15 is 0 Å². The summed E-state index contributed by atoms with van der Waals surface area (Å²) in [7, 11) is -1.62. The number of rotatable bonds is 8. The van der Waals surface area contributed by atoms with E-state index in [1.807, 2.05) is 7.05 Å². The molecule has 2 aliphatic rings. The molecule has 0 bridgehead atoms. The van der Waals surface area contributed by atoms with Crippen LogP contribution in [0.4, 0.5) is 0 Å². The second-order valence-electron chi connectivity index (χ2n) is 8.07. The molecule has 1 aliphatic heterocycles. The Hall–Kier alpha value is -1.48. The number of benzene rings is 1. The molecule has 1 aromatic rings. The second-order valence-corrected chi connectivity index (χ2v) is 9.98. The van der Waals surface area contributed by atoms with Crippen molar-refractivity contribution in [2.24, 2.45) is 0 Å². The van der Waals surface area contributed by atoms with Crippen molar-refractivity contribution in [1.29, 1.82) is 0 Å². The van der Waals surface area contributed by atoms with Crippen LogP contribution in [0.5, 0.6) is 0 Å². The van der Waals surface area contributed by atoms with Crippen LogP contribution in [0.1, 0.15) is 48.0 Å². The van der Waals surface area contributed by atoms with Gasteiger partial charge in [-0.3, -0.25) is 4.79 Å². The molecule has 0 aromatic heterocycles. The quantitative estimate of drug-likeness (QED) is 0.647. The van der Waals surface area contributed by atoms with Crippen molar-refractivity contribution in [2.75, 3.05) is 46.4 Å². The van der Waals surface area contributed by atoms with E-state index in [2.05, 4.69) is 10.2 Å². The lowest BCUT2D eigenvalue weighted by molar-refractivity contribution is 0.0565. The lowest BCUT2D eigenvalue weighted by Crippen LogP contribution is -2.47. The molecule has 8 heteroatoms. The van der Waals surface area contributed by atoms with Crippen LogP contribution in [0.25, 0.3) is 0 Å². The maximum Gasteiger partial charge on any atom is 0.251 e. The number of hydrogen-bond donors (Lipinski definition) is 1. The number of aryl methyl sites for hydroxylation is 1. The van der Waals surface area contributed by atoms with E-state index in [9.17, 15) is 13.2 Å². The second kappa shape index (κ2) is 10.0. The first-order valence-corrected chi connectivity index (χ1v) is 12.0. The molecule has 3 rings (SSSR count). The van der Waals surface area contributed by atoms with Gasteiger partial charge in [0.05, 0.1) is 11.0 Å². The Morgan fingerprint density at radius 1 is 1.17 bits per heavy atom. The molecule has 1 N–H and O–H groups in total. The fourth-order valence-corrected chi connectivity index (χ4v) is 5.54. The zero-order chi connectivity index (χ0) is 20.9. The number of sulfonamides is 1. The summed E-state index contributed by atoms with van der Waals surface area (Å²) in [5.74, 6) is -0.249. The third-order valence-corrected chi connectivity index (χ3v) is 7.83. The van der Waals surface area contributed by atoms with E-state index < -0.39 is 10.0 Å². The van der Waals surface area contributed by atoms with Gasteiger partial charge >= 0.3 is 0 Å². The topological polar surface area (TPSA) is 78.9 Å². The van der Waals surface area contributed by atoms with Gasteiger partial charge < -0.3 is 15.0 Å². The third kappa shape index (κ3) is 5.78. The summed E-state index contributed by atoms with van der Waals surface area (Å²) >= 11 is 0. The molecule has 0 unspecified atom stereocenters. The largest absolute Gasteiger partial charge is 0.378 e. The predicted octanol–water partition coefficient (Wildman–Crippen LogP) is 2.01. The highest BCUT2D eigenvalue weighted by molar-refractivity contribution is 7.89. The van der Waals surface area contributed by atoms with Crippen molar-refractivity contribution in [3.05, 3.63) is 29.3 Å². The molecule has 1 aromatic carbocycles. The lowest BCUT2D eigenvalue weighted by Gasteiger charge is -2.32. The molecule has 1 aliphatic carbocycles. The molecule has 29 heavy (non-hydrogen) atoms. The molecule has 0 atom stereocenters. The minimum Gasteiger partial charge on any atom is -0.378 e. The monoisotopic (exact) mass is 423 g/mol. The maximum atomic E-state index is 13.1. The number of carbonyl (C=O) groups is 1. The third-order valence-electron chi connectivity index (χ3n) is 5.79. The Balaban J connectivity index is 1.56. The van der Waals surface area contributed by atoms with Crippen molar-refractivity contribution in [1.82, 2.24) is 14.5 Å². The van der Waals surface area contributed by atoms with Crippen molar-refractivity contribution in [3.8, 4) is 0 Å². The lowest BCUT2D eigenvalue weighted by atomic mass is 10.1. The maximum absolute atomic E-state index is 13.1. The van der Waals surface area contributed by atoms with E-state index in [4.69, 9.17) is 4.74 Å². The fourth-order valence-electron chi connectivity index (χ4n) is 3.87. The van der Waals surface area contributed by atoms with Gasteiger partial charge in [-0.15, -0.1) is 0 Å². The Kier molecular flexibility index (Phi) is 7.67. The first-order valence-electron chi connectivity index (χ1n) is 10.6. The van der Waals surface area contributed by atoms with Gasteiger partial charge in [-0.1, -0.05) is 18.9 Å². The standard InChI is InChI=1S/C21H33N3O4S/c1-17-8-9-18(21(25)22-10-5-15-28-19-6-3-4-7-19)16-20(17)29(26,27)24-13-11-23(2)12-14-24/h8-9,16,19H,3-7,10-15H2,1-2H3,(H,22,25). The molecule has 7 nitrogen and oxygen atoms in total. The Labute approximate surface area is 174 Å². The molecule has 2 fully saturated rings. The van der Waals surface area contributed by atoms with Crippen LogP contribution < -0.4 is 5.32 Å². The van der Waals surface area contributed by atoms with Crippen molar-refractivity contribution in [2.45, 2.75) is 50.0 Å². The summed E-state index contributed by atoms with van der Waals surface area (Å²) in [4.78, 5) is 14.8.